The van der Waals surface area contributed by atoms with Crippen molar-refractivity contribution in [3.63, 3.8) is 0 Å². The Balaban J connectivity index is 1.88. The number of aliphatic imine (C=N–C) groups is 1. The van der Waals surface area contributed by atoms with E-state index in [1.165, 1.54) is 5.56 Å². The maximum absolute atomic E-state index is 12.1. The Morgan fingerprint density at radius 1 is 1.00 bits per heavy atom. The molecule has 0 radical (unpaired) electrons. The van der Waals surface area contributed by atoms with Crippen molar-refractivity contribution in [2.24, 2.45) is 4.99 Å². The SMILES string of the molecule is Cc1ccc(NC2=Nc3ccccc3C2=O)cc1. The van der Waals surface area contributed by atoms with Gasteiger partial charge in [0, 0.05) is 5.69 Å². The normalized spacial score (nSPS) is 13.2. The number of hydrogen-bond donors (Lipinski definition) is 1. The standard InChI is InChI=1S/C15H12N2O/c1-10-6-8-11(9-7-10)16-15-14(18)12-4-2-3-5-13(12)17-15/h2-9H,1H3,(H,16,17,18). The van der Waals surface area contributed by atoms with Crippen LogP contribution in [0.3, 0.4) is 0 Å². The lowest BCUT2D eigenvalue weighted by molar-refractivity contribution is 0.106. The molecule has 0 unspecified atom stereocenters. The third-order valence-corrected chi connectivity index (χ3v) is 2.91. The summed E-state index contributed by atoms with van der Waals surface area (Å²) in [5, 5.41) is 3.07. The van der Waals surface area contributed by atoms with Gasteiger partial charge >= 0.3 is 0 Å². The molecule has 88 valence electrons. The van der Waals surface area contributed by atoms with Gasteiger partial charge in [-0.3, -0.25) is 4.79 Å². The highest BCUT2D eigenvalue weighted by Crippen LogP contribution is 2.26. The first-order valence-corrected chi connectivity index (χ1v) is 5.80. The predicted molar refractivity (Wildman–Crippen MR) is 72.7 cm³/mol. The van der Waals surface area contributed by atoms with E-state index in [0.717, 1.165) is 11.4 Å². The van der Waals surface area contributed by atoms with Crippen LogP contribution in [0.4, 0.5) is 11.4 Å². The summed E-state index contributed by atoms with van der Waals surface area (Å²) in [4.78, 5) is 16.4. The molecule has 0 aromatic heterocycles. The van der Waals surface area contributed by atoms with E-state index in [2.05, 4.69) is 10.3 Å². The fourth-order valence-electron chi connectivity index (χ4n) is 1.92. The third kappa shape index (κ3) is 1.80. The molecular weight excluding hydrogens is 224 g/mol. The molecule has 0 amide bonds. The molecule has 18 heavy (non-hydrogen) atoms. The first kappa shape index (κ1) is 10.7. The Hall–Kier alpha value is -2.42. The van der Waals surface area contributed by atoms with Crippen molar-refractivity contribution in [1.82, 2.24) is 0 Å². The van der Waals surface area contributed by atoms with Gasteiger partial charge in [0.1, 0.15) is 0 Å². The van der Waals surface area contributed by atoms with E-state index in [9.17, 15) is 4.79 Å². The molecule has 0 saturated heterocycles. The Morgan fingerprint density at radius 2 is 1.72 bits per heavy atom. The fraction of sp³-hybridized carbons (Fsp3) is 0.0667. The lowest BCUT2D eigenvalue weighted by Gasteiger charge is -2.04. The second-order valence-corrected chi connectivity index (χ2v) is 4.30. The minimum absolute atomic E-state index is 0.0498. The summed E-state index contributed by atoms with van der Waals surface area (Å²) in [5.74, 6) is 0.339. The molecule has 3 rings (SSSR count). The van der Waals surface area contributed by atoms with Crippen LogP contribution in [0.25, 0.3) is 0 Å². The molecule has 2 aromatic rings. The zero-order valence-electron chi connectivity index (χ0n) is 9.97. The monoisotopic (exact) mass is 236 g/mol. The van der Waals surface area contributed by atoms with Crippen molar-refractivity contribution >= 4 is 23.0 Å². The molecule has 0 spiro atoms. The maximum Gasteiger partial charge on any atom is 0.230 e. The number of amidine groups is 1. The zero-order valence-corrected chi connectivity index (χ0v) is 9.97. The lowest BCUT2D eigenvalue weighted by atomic mass is 10.1. The number of carbonyl (C=O) groups excluding carboxylic acids is 1. The van der Waals surface area contributed by atoms with Gasteiger partial charge in [-0.05, 0) is 31.2 Å². The molecule has 0 aliphatic carbocycles. The summed E-state index contributed by atoms with van der Waals surface area (Å²) in [6, 6.07) is 15.2. The van der Waals surface area contributed by atoms with Gasteiger partial charge in [-0.1, -0.05) is 29.8 Å². The Morgan fingerprint density at radius 3 is 2.44 bits per heavy atom. The van der Waals surface area contributed by atoms with Crippen molar-refractivity contribution in [1.29, 1.82) is 0 Å². The minimum atomic E-state index is -0.0498. The van der Waals surface area contributed by atoms with Crippen molar-refractivity contribution in [2.45, 2.75) is 6.92 Å². The van der Waals surface area contributed by atoms with Gasteiger partial charge in [0.05, 0.1) is 11.3 Å². The molecule has 3 heteroatoms. The van der Waals surface area contributed by atoms with Crippen LogP contribution in [0.5, 0.6) is 0 Å². The van der Waals surface area contributed by atoms with Crippen molar-refractivity contribution in [2.75, 3.05) is 5.32 Å². The number of aryl methyl sites for hydroxylation is 1. The number of ketones is 1. The predicted octanol–water partition coefficient (Wildman–Crippen LogP) is 3.33. The summed E-state index contributed by atoms with van der Waals surface area (Å²) >= 11 is 0. The number of nitrogens with one attached hydrogen (secondary N) is 1. The van der Waals surface area contributed by atoms with E-state index in [-0.39, 0.29) is 5.78 Å². The number of rotatable bonds is 1. The molecule has 0 bridgehead atoms. The smallest absolute Gasteiger partial charge is 0.230 e. The molecule has 0 saturated carbocycles. The number of benzene rings is 2. The van der Waals surface area contributed by atoms with Crippen LogP contribution in [0, 0.1) is 6.92 Å². The molecule has 0 atom stereocenters. The highest BCUT2D eigenvalue weighted by molar-refractivity contribution is 6.52. The third-order valence-electron chi connectivity index (χ3n) is 2.91. The summed E-state index contributed by atoms with van der Waals surface area (Å²) in [7, 11) is 0. The number of hydrogen-bond acceptors (Lipinski definition) is 3. The topological polar surface area (TPSA) is 41.5 Å². The van der Waals surface area contributed by atoms with Crippen LogP contribution in [0.15, 0.2) is 53.5 Å². The Bertz CT molecular complexity index is 642. The quantitative estimate of drug-likeness (QED) is 0.825. The fourth-order valence-corrected chi connectivity index (χ4v) is 1.92. The van der Waals surface area contributed by atoms with Gasteiger partial charge in [-0.25, -0.2) is 4.99 Å². The number of nitrogens with zero attached hydrogens (tertiary/aromatic N) is 1. The average Bonchev–Trinajstić information content (AvgIpc) is 2.70. The first-order chi connectivity index (χ1) is 8.74. The highest BCUT2D eigenvalue weighted by Gasteiger charge is 2.23. The summed E-state index contributed by atoms with van der Waals surface area (Å²) in [6.45, 7) is 2.03. The van der Waals surface area contributed by atoms with Crippen molar-refractivity contribution in [3.05, 3.63) is 59.7 Å². The number of Topliss-reactive ketones (excluding diaryl/α,β-unsaturated/α-hetero) is 1. The molecule has 1 aliphatic rings. The van der Waals surface area contributed by atoms with Gasteiger partial charge in [-0.2, -0.15) is 0 Å². The minimum Gasteiger partial charge on any atom is -0.337 e. The Labute approximate surface area is 105 Å². The van der Waals surface area contributed by atoms with E-state index in [1.807, 2.05) is 49.4 Å². The van der Waals surface area contributed by atoms with E-state index >= 15 is 0 Å². The molecule has 1 heterocycles. The van der Waals surface area contributed by atoms with E-state index in [4.69, 9.17) is 0 Å². The van der Waals surface area contributed by atoms with Crippen LogP contribution in [0.1, 0.15) is 15.9 Å². The molecular formula is C15H12N2O. The summed E-state index contributed by atoms with van der Waals surface area (Å²) in [5.41, 5.74) is 3.45. The van der Waals surface area contributed by atoms with Gasteiger partial charge in [0.2, 0.25) is 5.78 Å². The number of para-hydroxylation sites is 1. The van der Waals surface area contributed by atoms with Crippen LogP contribution in [0.2, 0.25) is 0 Å². The van der Waals surface area contributed by atoms with Crippen LogP contribution >= 0.6 is 0 Å². The molecule has 1 N–H and O–H groups in total. The highest BCUT2D eigenvalue weighted by atomic mass is 16.1. The first-order valence-electron chi connectivity index (χ1n) is 5.80. The largest absolute Gasteiger partial charge is 0.337 e. The van der Waals surface area contributed by atoms with Gasteiger partial charge in [-0.15, -0.1) is 0 Å². The van der Waals surface area contributed by atoms with Crippen LogP contribution in [-0.4, -0.2) is 11.6 Å². The maximum atomic E-state index is 12.1. The van der Waals surface area contributed by atoms with E-state index in [0.29, 0.717) is 11.4 Å². The van der Waals surface area contributed by atoms with Gasteiger partial charge in [0.15, 0.2) is 5.84 Å². The Kier molecular flexibility index (Phi) is 2.45. The van der Waals surface area contributed by atoms with Crippen LogP contribution < -0.4 is 5.32 Å². The zero-order chi connectivity index (χ0) is 12.5. The second-order valence-electron chi connectivity index (χ2n) is 4.30. The second kappa shape index (κ2) is 4.11. The number of fused-ring (bicyclic) bond motifs is 1. The molecule has 3 nitrogen and oxygen atoms in total. The van der Waals surface area contributed by atoms with Crippen LogP contribution in [-0.2, 0) is 0 Å². The molecule has 1 aliphatic heterocycles. The van der Waals surface area contributed by atoms with Crippen molar-refractivity contribution in [3.8, 4) is 0 Å². The van der Waals surface area contributed by atoms with E-state index < -0.39 is 0 Å². The molecule has 2 aromatic carbocycles. The molecule has 0 fully saturated rings. The van der Waals surface area contributed by atoms with Gasteiger partial charge in [0.25, 0.3) is 0 Å². The number of anilines is 1. The summed E-state index contributed by atoms with van der Waals surface area (Å²) < 4.78 is 0. The van der Waals surface area contributed by atoms with Crippen molar-refractivity contribution < 1.29 is 4.79 Å². The lowest BCUT2D eigenvalue weighted by Crippen LogP contribution is -2.19. The van der Waals surface area contributed by atoms with E-state index in [1.54, 1.807) is 6.07 Å². The number of carbonyl (C=O) groups is 1. The summed E-state index contributed by atoms with van der Waals surface area (Å²) in [6.07, 6.45) is 0. The van der Waals surface area contributed by atoms with Gasteiger partial charge < -0.3 is 5.32 Å². The average molecular weight is 236 g/mol.